The fourth-order valence-electron chi connectivity index (χ4n) is 2.77. The van der Waals surface area contributed by atoms with Crippen molar-refractivity contribution in [3.63, 3.8) is 0 Å². The molecule has 1 atom stereocenters. The van der Waals surface area contributed by atoms with Gasteiger partial charge in [-0.25, -0.2) is 9.97 Å². The molecule has 1 unspecified atom stereocenters. The maximum Gasteiger partial charge on any atom is 0.272 e. The first-order chi connectivity index (χ1) is 13.1. The molecule has 1 aliphatic rings. The number of carbonyl (C=O) groups excluding carboxylic acids is 1. The SMILES string of the molecule is CC1Cc2nc(SCC(=O)Nc3nccs3)n(-c3ccccc3)c(=O)c2S1. The number of fused-ring (bicyclic) bond motifs is 1. The van der Waals surface area contributed by atoms with Crippen molar-refractivity contribution in [1.82, 2.24) is 14.5 Å². The van der Waals surface area contributed by atoms with E-state index in [1.54, 1.807) is 27.9 Å². The second-order valence-corrected chi connectivity index (χ2v) is 9.24. The number of thiazole rings is 1. The van der Waals surface area contributed by atoms with Crippen LogP contribution in [0.15, 0.2) is 56.8 Å². The predicted molar refractivity (Wildman–Crippen MR) is 110 cm³/mol. The van der Waals surface area contributed by atoms with Crippen LogP contribution in [0.4, 0.5) is 5.13 Å². The van der Waals surface area contributed by atoms with E-state index in [9.17, 15) is 9.59 Å². The van der Waals surface area contributed by atoms with Gasteiger partial charge in [-0.3, -0.25) is 14.2 Å². The van der Waals surface area contributed by atoms with E-state index in [1.807, 2.05) is 30.3 Å². The van der Waals surface area contributed by atoms with Crippen molar-refractivity contribution in [2.24, 2.45) is 0 Å². The summed E-state index contributed by atoms with van der Waals surface area (Å²) in [6.45, 7) is 2.09. The lowest BCUT2D eigenvalue weighted by Crippen LogP contribution is -2.24. The summed E-state index contributed by atoms with van der Waals surface area (Å²) in [6.07, 6.45) is 2.41. The molecule has 0 fully saturated rings. The fraction of sp³-hybridized carbons (Fsp3) is 0.222. The van der Waals surface area contributed by atoms with Gasteiger partial charge in [0.1, 0.15) is 0 Å². The molecule has 0 aliphatic carbocycles. The van der Waals surface area contributed by atoms with Crippen LogP contribution in [0, 0.1) is 0 Å². The van der Waals surface area contributed by atoms with Crippen molar-refractivity contribution in [3.05, 3.63) is 58.0 Å². The van der Waals surface area contributed by atoms with Crippen LogP contribution in [-0.4, -0.2) is 31.4 Å². The summed E-state index contributed by atoms with van der Waals surface area (Å²) in [6, 6.07) is 9.42. The standard InChI is InChI=1S/C18H16N4O2S3/c1-11-9-13-15(27-11)16(24)22(12-5-3-2-4-6-12)18(20-13)26-10-14(23)21-17-19-7-8-25-17/h2-8,11H,9-10H2,1H3,(H,19,21,23). The molecule has 3 aromatic rings. The van der Waals surface area contributed by atoms with Crippen LogP contribution >= 0.6 is 34.9 Å². The maximum atomic E-state index is 13.1. The quantitative estimate of drug-likeness (QED) is 0.507. The molecule has 1 aliphatic heterocycles. The molecule has 0 radical (unpaired) electrons. The van der Waals surface area contributed by atoms with E-state index in [1.165, 1.54) is 23.1 Å². The molecule has 1 aromatic carbocycles. The molecule has 1 amide bonds. The normalized spacial score (nSPS) is 15.5. The number of para-hydroxylation sites is 1. The zero-order valence-corrected chi connectivity index (χ0v) is 16.9. The average Bonchev–Trinajstić information content (AvgIpc) is 3.30. The Kier molecular flexibility index (Phi) is 5.33. The Morgan fingerprint density at radius 2 is 2.19 bits per heavy atom. The topological polar surface area (TPSA) is 76.9 Å². The highest BCUT2D eigenvalue weighted by atomic mass is 32.2. The van der Waals surface area contributed by atoms with Crippen LogP contribution in [0.3, 0.4) is 0 Å². The third kappa shape index (κ3) is 3.95. The van der Waals surface area contributed by atoms with Crippen molar-refractivity contribution in [3.8, 4) is 5.69 Å². The molecule has 138 valence electrons. The molecule has 2 aromatic heterocycles. The van der Waals surface area contributed by atoms with Gasteiger partial charge in [-0.05, 0) is 12.1 Å². The monoisotopic (exact) mass is 416 g/mol. The van der Waals surface area contributed by atoms with Crippen LogP contribution in [0.25, 0.3) is 5.69 Å². The molecule has 0 saturated carbocycles. The lowest BCUT2D eigenvalue weighted by Gasteiger charge is -2.13. The molecule has 4 rings (SSSR count). The smallest absolute Gasteiger partial charge is 0.272 e. The minimum atomic E-state index is -0.174. The summed E-state index contributed by atoms with van der Waals surface area (Å²) in [5.41, 5.74) is 1.51. The lowest BCUT2D eigenvalue weighted by atomic mass is 10.2. The van der Waals surface area contributed by atoms with Gasteiger partial charge in [-0.1, -0.05) is 36.9 Å². The van der Waals surface area contributed by atoms with E-state index in [4.69, 9.17) is 4.98 Å². The fourth-order valence-corrected chi connectivity index (χ4v) is 5.24. The first-order valence-corrected chi connectivity index (χ1v) is 11.1. The van der Waals surface area contributed by atoms with Crippen molar-refractivity contribution >= 4 is 45.9 Å². The molecule has 6 nitrogen and oxygen atoms in total. The second kappa shape index (κ2) is 7.87. The van der Waals surface area contributed by atoms with E-state index >= 15 is 0 Å². The number of aromatic nitrogens is 3. The van der Waals surface area contributed by atoms with Gasteiger partial charge in [-0.15, -0.1) is 23.1 Å². The van der Waals surface area contributed by atoms with Crippen LogP contribution < -0.4 is 10.9 Å². The van der Waals surface area contributed by atoms with Gasteiger partial charge in [0.2, 0.25) is 5.91 Å². The summed E-state index contributed by atoms with van der Waals surface area (Å²) < 4.78 is 1.60. The minimum Gasteiger partial charge on any atom is -0.301 e. The number of amides is 1. The van der Waals surface area contributed by atoms with Gasteiger partial charge in [-0.2, -0.15) is 0 Å². The van der Waals surface area contributed by atoms with Gasteiger partial charge < -0.3 is 5.32 Å². The average molecular weight is 417 g/mol. The Hall–Kier alpha value is -2.10. The van der Waals surface area contributed by atoms with Gasteiger partial charge in [0.25, 0.3) is 5.56 Å². The summed E-state index contributed by atoms with van der Waals surface area (Å²) in [5, 5.41) is 5.99. The third-order valence-corrected chi connectivity index (χ3v) is 6.75. The molecule has 27 heavy (non-hydrogen) atoms. The molecule has 3 heterocycles. The molecular weight excluding hydrogens is 400 g/mol. The number of nitrogens with one attached hydrogen (secondary N) is 1. The van der Waals surface area contributed by atoms with Gasteiger partial charge in [0, 0.05) is 23.2 Å². The van der Waals surface area contributed by atoms with Crippen molar-refractivity contribution in [1.29, 1.82) is 0 Å². The Bertz CT molecular complexity index is 1020. The van der Waals surface area contributed by atoms with Crippen molar-refractivity contribution < 1.29 is 4.79 Å². The number of thioether (sulfide) groups is 2. The Morgan fingerprint density at radius 1 is 1.37 bits per heavy atom. The summed E-state index contributed by atoms with van der Waals surface area (Å²) in [4.78, 5) is 34.8. The van der Waals surface area contributed by atoms with Crippen LogP contribution in [0.2, 0.25) is 0 Å². The van der Waals surface area contributed by atoms with Crippen molar-refractivity contribution in [2.45, 2.75) is 28.6 Å². The molecule has 0 saturated heterocycles. The molecule has 1 N–H and O–H groups in total. The van der Waals surface area contributed by atoms with Gasteiger partial charge in [0.15, 0.2) is 10.3 Å². The highest BCUT2D eigenvalue weighted by Crippen LogP contribution is 2.34. The zero-order valence-electron chi connectivity index (χ0n) is 14.4. The van der Waals surface area contributed by atoms with Gasteiger partial charge in [0.05, 0.1) is 22.0 Å². The molecule has 9 heteroatoms. The number of hydrogen-bond donors (Lipinski definition) is 1. The Labute approximate surface area is 168 Å². The van der Waals surface area contributed by atoms with E-state index in [0.29, 0.717) is 20.4 Å². The highest BCUT2D eigenvalue weighted by Gasteiger charge is 2.27. The van der Waals surface area contributed by atoms with Crippen molar-refractivity contribution in [2.75, 3.05) is 11.1 Å². The number of rotatable bonds is 5. The zero-order chi connectivity index (χ0) is 18.8. The Morgan fingerprint density at radius 3 is 2.93 bits per heavy atom. The van der Waals surface area contributed by atoms with Gasteiger partial charge >= 0.3 is 0 Å². The van der Waals surface area contributed by atoms with E-state index in [2.05, 4.69) is 17.2 Å². The minimum absolute atomic E-state index is 0.0663. The number of benzene rings is 1. The van der Waals surface area contributed by atoms with Crippen LogP contribution in [0.5, 0.6) is 0 Å². The highest BCUT2D eigenvalue weighted by molar-refractivity contribution is 8.00. The first kappa shape index (κ1) is 18.3. The van der Waals surface area contributed by atoms with E-state index in [-0.39, 0.29) is 17.2 Å². The molecule has 0 spiro atoms. The number of hydrogen-bond acceptors (Lipinski definition) is 7. The van der Waals surface area contributed by atoms with E-state index < -0.39 is 0 Å². The predicted octanol–water partition coefficient (Wildman–Crippen LogP) is 3.46. The third-order valence-electron chi connectivity index (χ3n) is 3.91. The number of anilines is 1. The maximum absolute atomic E-state index is 13.1. The number of nitrogens with zero attached hydrogens (tertiary/aromatic N) is 3. The largest absolute Gasteiger partial charge is 0.301 e. The van der Waals surface area contributed by atoms with Crippen LogP contribution in [0.1, 0.15) is 12.6 Å². The second-order valence-electron chi connectivity index (χ2n) is 5.95. The summed E-state index contributed by atoms with van der Waals surface area (Å²) >= 11 is 4.20. The van der Waals surface area contributed by atoms with E-state index in [0.717, 1.165) is 17.8 Å². The first-order valence-electron chi connectivity index (χ1n) is 8.32. The molecule has 0 bridgehead atoms. The number of carbonyl (C=O) groups is 1. The molecular formula is C18H16N4O2S3. The lowest BCUT2D eigenvalue weighted by molar-refractivity contribution is -0.113. The Balaban J connectivity index is 1.65. The summed E-state index contributed by atoms with van der Waals surface area (Å²) in [7, 11) is 0. The summed E-state index contributed by atoms with van der Waals surface area (Å²) in [5.74, 6) is -0.0209. The van der Waals surface area contributed by atoms with Crippen LogP contribution in [-0.2, 0) is 11.2 Å².